The second-order valence-corrected chi connectivity index (χ2v) is 14.8. The Balaban J connectivity index is 3.30. The van der Waals surface area contributed by atoms with Crippen LogP contribution in [-0.2, 0) is 37.1 Å². The average molecular weight is 359 g/mol. The van der Waals surface area contributed by atoms with E-state index < -0.39 is 33.5 Å². The third kappa shape index (κ3) is 9.16. The van der Waals surface area contributed by atoms with Gasteiger partial charge < -0.3 is 0 Å². The summed E-state index contributed by atoms with van der Waals surface area (Å²) in [5.74, 6) is 0. The Kier molecular flexibility index (Phi) is 5.52. The predicted octanol–water partition coefficient (Wildman–Crippen LogP) is 0.890. The molecule has 0 fully saturated rings. The summed E-state index contributed by atoms with van der Waals surface area (Å²) in [6.07, 6.45) is 0. The Morgan fingerprint density at radius 1 is 1.78 bits per heavy atom. The third-order valence-electron chi connectivity index (χ3n) is 0.422. The van der Waals surface area contributed by atoms with E-state index in [9.17, 15) is 8.42 Å². The molecular weight excluding hydrogens is 353 g/mol. The van der Waals surface area contributed by atoms with E-state index >= 15 is 0 Å². The average Bonchev–Trinajstić information content (AvgIpc) is 1.63. The molecule has 52 valence electrons. The van der Waals surface area contributed by atoms with E-state index in [0.29, 0.717) is 0 Å². The normalized spacial score (nSPS) is 10.9. The molecule has 0 saturated carbocycles. The van der Waals surface area contributed by atoms with Gasteiger partial charge in [0.2, 0.25) is 0 Å². The van der Waals surface area contributed by atoms with Crippen LogP contribution in [0.15, 0.2) is 0 Å². The van der Waals surface area contributed by atoms with Crippen LogP contribution in [0.25, 0.3) is 0 Å². The van der Waals surface area contributed by atoms with Gasteiger partial charge in [-0.3, -0.25) is 0 Å². The molecule has 1 N–H and O–H groups in total. The van der Waals surface area contributed by atoms with Gasteiger partial charge in [-0.15, -0.1) is 0 Å². The predicted molar refractivity (Wildman–Crippen MR) is 30.7 cm³/mol. The Hall–Kier alpha value is 1.16. The molecule has 0 heterocycles. The standard InChI is InChI=1S/C2H5.Hg.H2O4S2/c1-2;;1-6(2,3)4-5/h1H2,2H3;;5H,(H,1,2,3)/q;+1;/p-1. The summed E-state index contributed by atoms with van der Waals surface area (Å²) in [7, 11) is -3.23. The zero-order valence-corrected chi connectivity index (χ0v) is 12.0. The van der Waals surface area contributed by atoms with Crippen LogP contribution in [0.4, 0.5) is 0 Å². The van der Waals surface area contributed by atoms with Crippen molar-refractivity contribution in [3.8, 4) is 0 Å². The molecule has 0 aliphatic carbocycles. The van der Waals surface area contributed by atoms with Crippen LogP contribution in [0.2, 0.25) is 3.93 Å². The molecule has 0 radical (unpaired) electrons. The molecule has 0 saturated heterocycles. The molecule has 0 aromatic carbocycles. The Morgan fingerprint density at radius 3 is 2.67 bits per heavy atom. The van der Waals surface area contributed by atoms with Crippen LogP contribution in [0.1, 0.15) is 6.92 Å². The van der Waals surface area contributed by atoms with Gasteiger partial charge in [-0.1, -0.05) is 0 Å². The Morgan fingerprint density at radius 2 is 2.33 bits per heavy atom. The van der Waals surface area contributed by atoms with Crippen LogP contribution in [0.3, 0.4) is 0 Å². The second-order valence-electron chi connectivity index (χ2n) is 1.32. The van der Waals surface area contributed by atoms with Crippen LogP contribution in [0.5, 0.6) is 0 Å². The number of hydrogen-bond donors (Lipinski definition) is 1. The van der Waals surface area contributed by atoms with Crippen molar-refractivity contribution in [3.05, 3.63) is 0 Å². The van der Waals surface area contributed by atoms with Crippen molar-refractivity contribution in [2.45, 2.75) is 10.9 Å². The maximum atomic E-state index is 9.85. The monoisotopic (exact) mass is 360 g/mol. The molecule has 0 bridgehead atoms. The van der Waals surface area contributed by atoms with Crippen molar-refractivity contribution >= 4 is 18.9 Å². The molecule has 7 heteroatoms. The van der Waals surface area contributed by atoms with E-state index in [-0.39, 0.29) is 0 Å². The minimum absolute atomic E-state index is 0.944. The molecule has 0 aliphatic rings. The van der Waals surface area contributed by atoms with Gasteiger partial charge in [0.25, 0.3) is 0 Å². The molecule has 0 amide bonds. The minimum atomic E-state index is -4.18. The van der Waals surface area contributed by atoms with Crippen molar-refractivity contribution in [1.29, 1.82) is 0 Å². The second kappa shape index (κ2) is 4.89. The van der Waals surface area contributed by atoms with E-state index in [0.717, 1.165) is 12.5 Å². The molecule has 0 spiro atoms. The molecule has 0 aromatic heterocycles. The first-order valence-corrected chi connectivity index (χ1v) is 15.2. The van der Waals surface area contributed by atoms with Gasteiger partial charge in [-0.25, -0.2) is 0 Å². The molecule has 0 rings (SSSR count). The molecule has 0 atom stereocenters. The maximum absolute atomic E-state index is 9.85. The van der Waals surface area contributed by atoms with Crippen molar-refractivity contribution < 1.29 is 39.7 Å². The van der Waals surface area contributed by atoms with Crippen LogP contribution in [-0.4, -0.2) is 13.0 Å². The van der Waals surface area contributed by atoms with Gasteiger partial charge in [0.05, 0.1) is 0 Å². The van der Waals surface area contributed by atoms with Crippen LogP contribution >= 0.6 is 8.52 Å². The summed E-state index contributed by atoms with van der Waals surface area (Å²) in [4.78, 5) is 0. The molecule has 0 aromatic rings. The first-order valence-electron chi connectivity index (χ1n) is 2.35. The SMILES string of the molecule is C[CH2][Hg][S]OS(=O)(=O)O. The molecule has 0 aliphatic heterocycles. The fourth-order valence-corrected chi connectivity index (χ4v) is 9.68. The summed E-state index contributed by atoms with van der Waals surface area (Å²) in [6, 6.07) is 0. The fraction of sp³-hybridized carbons (Fsp3) is 1.00. The van der Waals surface area contributed by atoms with Gasteiger partial charge >= 0.3 is 69.4 Å². The van der Waals surface area contributed by atoms with Gasteiger partial charge in [-0.05, 0) is 0 Å². The number of hydrogen-bond acceptors (Lipinski definition) is 4. The molecular formula is C2H6HgO4S2. The zero-order valence-electron chi connectivity index (χ0n) is 4.90. The first-order chi connectivity index (χ1) is 4.06. The summed E-state index contributed by atoms with van der Waals surface area (Å²) < 4.78 is 32.8. The summed E-state index contributed by atoms with van der Waals surface area (Å²) >= 11 is -1.14. The van der Waals surface area contributed by atoms with Gasteiger partial charge in [0.15, 0.2) is 0 Å². The molecule has 9 heavy (non-hydrogen) atoms. The van der Waals surface area contributed by atoms with Crippen molar-refractivity contribution in [2.24, 2.45) is 0 Å². The van der Waals surface area contributed by atoms with Gasteiger partial charge in [-0.2, -0.15) is 0 Å². The van der Waals surface area contributed by atoms with E-state index in [1.165, 1.54) is 0 Å². The van der Waals surface area contributed by atoms with Crippen LogP contribution in [0, 0.1) is 0 Å². The van der Waals surface area contributed by atoms with Crippen molar-refractivity contribution in [1.82, 2.24) is 0 Å². The molecule has 4 nitrogen and oxygen atoms in total. The first kappa shape index (κ1) is 10.2. The summed E-state index contributed by atoms with van der Waals surface area (Å²) in [5, 5.41) is 0. The van der Waals surface area contributed by atoms with E-state index in [4.69, 9.17) is 4.55 Å². The quantitative estimate of drug-likeness (QED) is 0.350. The van der Waals surface area contributed by atoms with Crippen molar-refractivity contribution in [2.75, 3.05) is 0 Å². The Labute approximate surface area is 69.1 Å². The van der Waals surface area contributed by atoms with Crippen LogP contribution < -0.4 is 0 Å². The Bertz CT molecular complexity index is 152. The summed E-state index contributed by atoms with van der Waals surface area (Å²) in [5.41, 5.74) is 0. The van der Waals surface area contributed by atoms with Gasteiger partial charge in [0.1, 0.15) is 0 Å². The van der Waals surface area contributed by atoms with E-state index in [1.807, 2.05) is 6.92 Å². The summed E-state index contributed by atoms with van der Waals surface area (Å²) in [6.45, 7) is 1.97. The van der Waals surface area contributed by atoms with E-state index in [1.54, 1.807) is 0 Å². The number of rotatable bonds is 4. The molecule has 0 unspecified atom stereocenters. The van der Waals surface area contributed by atoms with Crippen molar-refractivity contribution in [3.63, 3.8) is 0 Å². The van der Waals surface area contributed by atoms with E-state index in [2.05, 4.69) is 3.63 Å². The zero-order chi connectivity index (χ0) is 7.33. The van der Waals surface area contributed by atoms with Gasteiger partial charge in [0, 0.05) is 0 Å². The fourth-order valence-electron chi connectivity index (χ4n) is 0.178. The third-order valence-corrected chi connectivity index (χ3v) is 12.1. The topological polar surface area (TPSA) is 63.6 Å².